The number of carbonyl (C=O) groups is 2. The summed E-state index contributed by atoms with van der Waals surface area (Å²) in [5.41, 5.74) is 10.8. The van der Waals surface area contributed by atoms with Gasteiger partial charge in [0.1, 0.15) is 5.54 Å². The van der Waals surface area contributed by atoms with Crippen LogP contribution in [0.15, 0.2) is 0 Å². The number of nitrogens with zero attached hydrogens (tertiary/aromatic N) is 1. The molecule has 1 fully saturated rings. The molecular weight excluding hydrogens is 270 g/mol. The lowest BCUT2D eigenvalue weighted by molar-refractivity contribution is -0.149. The summed E-state index contributed by atoms with van der Waals surface area (Å²) in [6, 6.07) is -0.561. The molecule has 4 atom stereocenters. The van der Waals surface area contributed by atoms with Crippen molar-refractivity contribution < 1.29 is 14.7 Å². The summed E-state index contributed by atoms with van der Waals surface area (Å²) in [6.45, 7) is 6.14. The number of hydrogen-bond donors (Lipinski definition) is 3. The zero-order valence-electron chi connectivity index (χ0n) is 13.5. The first-order valence-electron chi connectivity index (χ1n) is 7.62. The number of nitrogens with two attached hydrogens (primary N) is 2. The lowest BCUT2D eigenvalue weighted by atomic mass is 9.69. The minimum Gasteiger partial charge on any atom is -0.480 e. The third-order valence-electron chi connectivity index (χ3n) is 4.69. The second-order valence-electron chi connectivity index (χ2n) is 6.92. The quantitative estimate of drug-likeness (QED) is 0.690. The third-order valence-corrected chi connectivity index (χ3v) is 4.69. The SMILES string of the molecule is CC(C)[C@H](N)C(=O)N(C)C[C@@H]1CC[C@@H](C)C[C@]1(N)C(=O)O. The van der Waals surface area contributed by atoms with E-state index in [9.17, 15) is 14.7 Å². The van der Waals surface area contributed by atoms with Crippen LogP contribution in [-0.4, -0.2) is 47.1 Å². The van der Waals surface area contributed by atoms with Gasteiger partial charge in [0.15, 0.2) is 0 Å². The summed E-state index contributed by atoms with van der Waals surface area (Å²) in [7, 11) is 1.67. The minimum atomic E-state index is -1.26. The van der Waals surface area contributed by atoms with Crippen molar-refractivity contribution in [2.75, 3.05) is 13.6 Å². The highest BCUT2D eigenvalue weighted by Crippen LogP contribution is 2.36. The minimum absolute atomic E-state index is 0.0495. The number of amides is 1. The van der Waals surface area contributed by atoms with Crippen LogP contribution in [0.3, 0.4) is 0 Å². The van der Waals surface area contributed by atoms with E-state index in [0.29, 0.717) is 18.9 Å². The van der Waals surface area contributed by atoms with Crippen molar-refractivity contribution in [3.63, 3.8) is 0 Å². The molecular formula is C15H29N3O3. The zero-order valence-corrected chi connectivity index (χ0v) is 13.5. The van der Waals surface area contributed by atoms with Gasteiger partial charge in [-0.3, -0.25) is 9.59 Å². The van der Waals surface area contributed by atoms with Crippen molar-refractivity contribution in [2.45, 2.75) is 51.6 Å². The van der Waals surface area contributed by atoms with E-state index < -0.39 is 17.6 Å². The third kappa shape index (κ3) is 3.95. The molecule has 1 rings (SSSR count). The van der Waals surface area contributed by atoms with E-state index in [1.54, 1.807) is 7.05 Å². The average molecular weight is 299 g/mol. The predicted octanol–water partition coefficient (Wildman–Crippen LogP) is 0.646. The van der Waals surface area contributed by atoms with E-state index in [1.165, 1.54) is 4.90 Å². The molecule has 6 heteroatoms. The van der Waals surface area contributed by atoms with Crippen molar-refractivity contribution in [3.05, 3.63) is 0 Å². The van der Waals surface area contributed by atoms with Gasteiger partial charge in [-0.2, -0.15) is 0 Å². The Morgan fingerprint density at radius 1 is 1.38 bits per heavy atom. The molecule has 0 aromatic heterocycles. The first-order chi connectivity index (χ1) is 9.59. The molecule has 6 nitrogen and oxygen atoms in total. The Balaban J connectivity index is 2.80. The van der Waals surface area contributed by atoms with E-state index in [-0.39, 0.29) is 17.7 Å². The standard InChI is InChI=1S/C15H29N3O3/c1-9(2)12(16)13(19)18(4)8-11-6-5-10(3)7-15(11,17)14(20)21/h9-12H,5-8,16-17H2,1-4H3,(H,20,21)/t10-,11+,12+,15-/m1/s1. The molecule has 1 aliphatic carbocycles. The number of carbonyl (C=O) groups excluding carboxylic acids is 1. The van der Waals surface area contributed by atoms with Crippen LogP contribution in [0.2, 0.25) is 0 Å². The van der Waals surface area contributed by atoms with Gasteiger partial charge in [0.05, 0.1) is 6.04 Å². The maximum absolute atomic E-state index is 12.2. The van der Waals surface area contributed by atoms with Crippen LogP contribution in [0, 0.1) is 17.8 Å². The summed E-state index contributed by atoms with van der Waals surface area (Å²) < 4.78 is 0. The van der Waals surface area contributed by atoms with Gasteiger partial charge in [0.2, 0.25) is 5.91 Å². The smallest absolute Gasteiger partial charge is 0.324 e. The van der Waals surface area contributed by atoms with E-state index in [0.717, 1.165) is 12.8 Å². The number of likely N-dealkylation sites (N-methyl/N-ethyl adjacent to an activating group) is 1. The predicted molar refractivity (Wildman–Crippen MR) is 81.5 cm³/mol. The largest absolute Gasteiger partial charge is 0.480 e. The molecule has 0 unspecified atom stereocenters. The fraction of sp³-hybridized carbons (Fsp3) is 0.867. The molecule has 0 saturated heterocycles. The maximum Gasteiger partial charge on any atom is 0.324 e. The lowest BCUT2D eigenvalue weighted by Gasteiger charge is -2.42. The Hall–Kier alpha value is -1.14. The zero-order chi connectivity index (χ0) is 16.4. The Bertz CT molecular complexity index is 400. The van der Waals surface area contributed by atoms with Crippen LogP contribution in [0.25, 0.3) is 0 Å². The van der Waals surface area contributed by atoms with Crippen molar-refractivity contribution in [1.29, 1.82) is 0 Å². The molecule has 21 heavy (non-hydrogen) atoms. The summed E-state index contributed by atoms with van der Waals surface area (Å²) >= 11 is 0. The van der Waals surface area contributed by atoms with Crippen LogP contribution in [-0.2, 0) is 9.59 Å². The van der Waals surface area contributed by atoms with E-state index in [1.807, 2.05) is 20.8 Å². The number of carboxylic acid groups (broad SMARTS) is 1. The molecule has 0 radical (unpaired) electrons. The second kappa shape index (κ2) is 6.75. The van der Waals surface area contributed by atoms with Gasteiger partial charge < -0.3 is 21.5 Å². The lowest BCUT2D eigenvalue weighted by Crippen LogP contribution is -2.60. The van der Waals surface area contributed by atoms with Gasteiger partial charge in [-0.05, 0) is 24.7 Å². The molecule has 0 aliphatic heterocycles. The van der Waals surface area contributed by atoms with Crippen molar-refractivity contribution in [1.82, 2.24) is 4.90 Å². The van der Waals surface area contributed by atoms with Gasteiger partial charge in [0, 0.05) is 19.5 Å². The molecule has 0 heterocycles. The Kier molecular flexibility index (Phi) is 5.75. The monoisotopic (exact) mass is 299 g/mol. The van der Waals surface area contributed by atoms with Crippen LogP contribution >= 0.6 is 0 Å². The van der Waals surface area contributed by atoms with Gasteiger partial charge in [-0.1, -0.05) is 27.2 Å². The first kappa shape index (κ1) is 17.9. The van der Waals surface area contributed by atoms with Gasteiger partial charge >= 0.3 is 5.97 Å². The molecule has 0 bridgehead atoms. The number of carboxylic acids is 1. The molecule has 0 spiro atoms. The number of aliphatic carboxylic acids is 1. The fourth-order valence-corrected chi connectivity index (χ4v) is 3.06. The number of rotatable bonds is 5. The van der Waals surface area contributed by atoms with E-state index >= 15 is 0 Å². The van der Waals surface area contributed by atoms with Crippen LogP contribution in [0.5, 0.6) is 0 Å². The summed E-state index contributed by atoms with van der Waals surface area (Å²) in [5.74, 6) is -1.03. The highest BCUT2D eigenvalue weighted by atomic mass is 16.4. The Labute approximate surface area is 126 Å². The van der Waals surface area contributed by atoms with Crippen molar-refractivity contribution in [3.8, 4) is 0 Å². The maximum atomic E-state index is 12.2. The second-order valence-corrected chi connectivity index (χ2v) is 6.92. The molecule has 0 aromatic carbocycles. The Morgan fingerprint density at radius 3 is 2.43 bits per heavy atom. The van der Waals surface area contributed by atoms with Crippen LogP contribution in [0.1, 0.15) is 40.0 Å². The fourth-order valence-electron chi connectivity index (χ4n) is 3.06. The molecule has 122 valence electrons. The summed E-state index contributed by atoms with van der Waals surface area (Å²) in [6.07, 6.45) is 2.11. The molecule has 1 amide bonds. The highest BCUT2D eigenvalue weighted by Gasteiger charge is 2.46. The van der Waals surface area contributed by atoms with Crippen molar-refractivity contribution in [2.24, 2.45) is 29.2 Å². The van der Waals surface area contributed by atoms with Crippen LogP contribution in [0.4, 0.5) is 0 Å². The summed E-state index contributed by atoms with van der Waals surface area (Å²) in [4.78, 5) is 25.3. The molecule has 5 N–H and O–H groups in total. The summed E-state index contributed by atoms with van der Waals surface area (Å²) in [5, 5.41) is 9.48. The molecule has 0 aromatic rings. The average Bonchev–Trinajstić information content (AvgIpc) is 2.39. The molecule has 1 saturated carbocycles. The van der Waals surface area contributed by atoms with Gasteiger partial charge in [-0.15, -0.1) is 0 Å². The Morgan fingerprint density at radius 2 is 1.95 bits per heavy atom. The van der Waals surface area contributed by atoms with Crippen molar-refractivity contribution >= 4 is 11.9 Å². The van der Waals surface area contributed by atoms with E-state index in [2.05, 4.69) is 0 Å². The first-order valence-corrected chi connectivity index (χ1v) is 7.62. The van der Waals surface area contributed by atoms with Gasteiger partial charge in [-0.25, -0.2) is 0 Å². The topological polar surface area (TPSA) is 110 Å². The highest BCUT2D eigenvalue weighted by molar-refractivity contribution is 5.82. The normalized spacial score (nSPS) is 31.0. The van der Waals surface area contributed by atoms with Gasteiger partial charge in [0.25, 0.3) is 0 Å². The number of hydrogen-bond acceptors (Lipinski definition) is 4. The molecule has 1 aliphatic rings. The van der Waals surface area contributed by atoms with Crippen LogP contribution < -0.4 is 11.5 Å². The van der Waals surface area contributed by atoms with E-state index in [4.69, 9.17) is 11.5 Å².